The first kappa shape index (κ1) is 13.5. The molecule has 21 heavy (non-hydrogen) atoms. The van der Waals surface area contributed by atoms with Crippen LogP contribution in [0.2, 0.25) is 0 Å². The van der Waals surface area contributed by atoms with Gasteiger partial charge in [0.05, 0.1) is 17.3 Å². The maximum Gasteiger partial charge on any atom is 0.225 e. The number of hydrogen-bond acceptors (Lipinski definition) is 4. The molecule has 1 aromatic carbocycles. The Balaban J connectivity index is 2.13. The van der Waals surface area contributed by atoms with E-state index in [1.54, 1.807) is 6.20 Å². The van der Waals surface area contributed by atoms with Crippen molar-refractivity contribution < 1.29 is 0 Å². The zero-order valence-corrected chi connectivity index (χ0v) is 12.7. The maximum absolute atomic E-state index is 4.57. The van der Waals surface area contributed by atoms with Gasteiger partial charge in [-0.25, -0.2) is 4.98 Å². The van der Waals surface area contributed by atoms with Crippen molar-refractivity contribution in [3.63, 3.8) is 0 Å². The summed E-state index contributed by atoms with van der Waals surface area (Å²) in [5, 5.41) is 10.9. The minimum Gasteiger partial charge on any atom is -0.357 e. The molecule has 2 aromatic heterocycles. The van der Waals surface area contributed by atoms with Crippen LogP contribution in [-0.4, -0.2) is 27.2 Å². The molecule has 0 aliphatic carbocycles. The van der Waals surface area contributed by atoms with Crippen molar-refractivity contribution >= 4 is 17.0 Å². The molecule has 5 nitrogen and oxygen atoms in total. The molecule has 0 saturated carbocycles. The molecule has 0 saturated heterocycles. The van der Waals surface area contributed by atoms with Crippen molar-refractivity contribution in [3.8, 4) is 11.3 Å². The second-order valence-electron chi connectivity index (χ2n) is 6.11. The lowest BCUT2D eigenvalue weighted by molar-refractivity contribution is 0.590. The fraction of sp³-hybridized carbons (Fsp3) is 0.312. The number of aromatic amines is 1. The van der Waals surface area contributed by atoms with E-state index < -0.39 is 0 Å². The van der Waals surface area contributed by atoms with Gasteiger partial charge >= 0.3 is 0 Å². The number of H-pyrrole nitrogens is 1. The predicted octanol–water partition coefficient (Wildman–Crippen LogP) is 3.36. The van der Waals surface area contributed by atoms with Crippen molar-refractivity contribution in [2.45, 2.75) is 26.2 Å². The Morgan fingerprint density at radius 3 is 2.38 bits per heavy atom. The highest BCUT2D eigenvalue weighted by atomic mass is 15.2. The average molecular weight is 281 g/mol. The molecule has 5 heteroatoms. The quantitative estimate of drug-likeness (QED) is 0.756. The van der Waals surface area contributed by atoms with Gasteiger partial charge in [0.2, 0.25) is 5.95 Å². The highest BCUT2D eigenvalue weighted by molar-refractivity contribution is 5.90. The summed E-state index contributed by atoms with van der Waals surface area (Å²) in [6.45, 7) is 6.63. The third-order valence-corrected chi connectivity index (χ3v) is 3.56. The molecule has 108 valence electrons. The number of nitrogens with zero attached hydrogens (tertiary/aromatic N) is 3. The average Bonchev–Trinajstić information content (AvgIpc) is 2.93. The minimum atomic E-state index is 0.144. The van der Waals surface area contributed by atoms with Gasteiger partial charge in [0, 0.05) is 12.6 Å². The lowest BCUT2D eigenvalue weighted by atomic mass is 9.86. The minimum absolute atomic E-state index is 0.144. The molecule has 3 rings (SSSR count). The fourth-order valence-electron chi connectivity index (χ4n) is 2.29. The number of anilines is 1. The number of fused-ring (bicyclic) bond motifs is 1. The topological polar surface area (TPSA) is 66.5 Å². The van der Waals surface area contributed by atoms with Crippen molar-refractivity contribution in [2.24, 2.45) is 0 Å². The first-order valence-electron chi connectivity index (χ1n) is 6.99. The van der Waals surface area contributed by atoms with Gasteiger partial charge in [-0.3, -0.25) is 5.10 Å². The van der Waals surface area contributed by atoms with Gasteiger partial charge in [-0.15, -0.1) is 0 Å². The van der Waals surface area contributed by atoms with E-state index in [0.29, 0.717) is 5.95 Å². The molecular weight excluding hydrogens is 262 g/mol. The van der Waals surface area contributed by atoms with Crippen LogP contribution in [0.5, 0.6) is 0 Å². The highest BCUT2D eigenvalue weighted by Crippen LogP contribution is 2.29. The Kier molecular flexibility index (Phi) is 3.12. The van der Waals surface area contributed by atoms with E-state index in [-0.39, 0.29) is 5.41 Å². The van der Waals surface area contributed by atoms with Gasteiger partial charge in [-0.1, -0.05) is 45.0 Å². The summed E-state index contributed by atoms with van der Waals surface area (Å²) in [5.41, 5.74) is 4.14. The Bertz CT molecular complexity index is 765. The molecule has 0 amide bonds. The van der Waals surface area contributed by atoms with Gasteiger partial charge in [0.1, 0.15) is 0 Å². The van der Waals surface area contributed by atoms with Crippen molar-refractivity contribution in [1.82, 2.24) is 20.2 Å². The largest absolute Gasteiger partial charge is 0.357 e. The van der Waals surface area contributed by atoms with Gasteiger partial charge in [0.15, 0.2) is 5.65 Å². The Morgan fingerprint density at radius 2 is 1.76 bits per heavy atom. The van der Waals surface area contributed by atoms with E-state index in [2.05, 4.69) is 70.5 Å². The summed E-state index contributed by atoms with van der Waals surface area (Å²) in [7, 11) is 1.81. The molecular formula is C16H19N5. The van der Waals surface area contributed by atoms with Gasteiger partial charge in [-0.2, -0.15) is 10.1 Å². The first-order chi connectivity index (χ1) is 9.99. The van der Waals surface area contributed by atoms with E-state index >= 15 is 0 Å². The fourth-order valence-corrected chi connectivity index (χ4v) is 2.29. The second kappa shape index (κ2) is 4.84. The Morgan fingerprint density at radius 1 is 1.05 bits per heavy atom. The summed E-state index contributed by atoms with van der Waals surface area (Å²) >= 11 is 0. The van der Waals surface area contributed by atoms with E-state index in [9.17, 15) is 0 Å². The number of nitrogens with one attached hydrogen (secondary N) is 2. The summed E-state index contributed by atoms with van der Waals surface area (Å²) in [6, 6.07) is 8.52. The van der Waals surface area contributed by atoms with Crippen LogP contribution in [0.3, 0.4) is 0 Å². The summed E-state index contributed by atoms with van der Waals surface area (Å²) in [4.78, 5) is 8.93. The Hall–Kier alpha value is -2.43. The first-order valence-corrected chi connectivity index (χ1v) is 6.99. The molecule has 0 spiro atoms. The summed E-state index contributed by atoms with van der Waals surface area (Å²) < 4.78 is 0. The monoisotopic (exact) mass is 281 g/mol. The van der Waals surface area contributed by atoms with Gasteiger partial charge < -0.3 is 5.32 Å². The van der Waals surface area contributed by atoms with Crippen LogP contribution in [0.15, 0.2) is 30.5 Å². The van der Waals surface area contributed by atoms with Crippen LogP contribution in [0.4, 0.5) is 5.95 Å². The molecule has 2 heterocycles. The van der Waals surface area contributed by atoms with Crippen LogP contribution in [0, 0.1) is 0 Å². The predicted molar refractivity (Wildman–Crippen MR) is 85.4 cm³/mol. The smallest absolute Gasteiger partial charge is 0.225 e. The van der Waals surface area contributed by atoms with E-state index in [0.717, 1.165) is 22.3 Å². The lowest BCUT2D eigenvalue weighted by Gasteiger charge is -2.19. The van der Waals surface area contributed by atoms with Crippen molar-refractivity contribution in [1.29, 1.82) is 0 Å². The van der Waals surface area contributed by atoms with Crippen LogP contribution in [0.25, 0.3) is 22.3 Å². The van der Waals surface area contributed by atoms with E-state index in [1.807, 2.05) is 7.05 Å². The summed E-state index contributed by atoms with van der Waals surface area (Å²) in [6.07, 6.45) is 1.77. The zero-order chi connectivity index (χ0) is 15.0. The molecule has 0 bridgehead atoms. The number of hydrogen-bond donors (Lipinski definition) is 2. The maximum atomic E-state index is 4.57. The molecule has 3 aromatic rings. The SMILES string of the molecule is CNc1nc(-c2ccc(C(C)(C)C)cc2)c2cn[nH]c2n1. The van der Waals surface area contributed by atoms with E-state index in [1.165, 1.54) is 5.56 Å². The van der Waals surface area contributed by atoms with Crippen LogP contribution >= 0.6 is 0 Å². The van der Waals surface area contributed by atoms with Crippen LogP contribution in [0.1, 0.15) is 26.3 Å². The van der Waals surface area contributed by atoms with Crippen LogP contribution < -0.4 is 5.32 Å². The standard InChI is InChI=1S/C16H19N5/c1-16(2,3)11-7-5-10(6-8-11)13-12-9-18-21-14(12)20-15(17-4)19-13/h5-9H,1-4H3,(H2,17,18,19,20,21). The van der Waals surface area contributed by atoms with Crippen LogP contribution in [-0.2, 0) is 5.41 Å². The van der Waals surface area contributed by atoms with Crippen molar-refractivity contribution in [3.05, 3.63) is 36.0 Å². The van der Waals surface area contributed by atoms with Crippen molar-refractivity contribution in [2.75, 3.05) is 12.4 Å². The number of rotatable bonds is 2. The zero-order valence-electron chi connectivity index (χ0n) is 12.7. The van der Waals surface area contributed by atoms with E-state index in [4.69, 9.17) is 0 Å². The third kappa shape index (κ3) is 2.46. The Labute approximate surface area is 123 Å². The molecule has 0 aliphatic rings. The summed E-state index contributed by atoms with van der Waals surface area (Å²) in [5.74, 6) is 0.585. The highest BCUT2D eigenvalue weighted by Gasteiger charge is 2.15. The van der Waals surface area contributed by atoms with Gasteiger partial charge in [-0.05, 0) is 11.0 Å². The number of benzene rings is 1. The molecule has 0 radical (unpaired) electrons. The third-order valence-electron chi connectivity index (χ3n) is 3.56. The molecule has 0 fully saturated rings. The molecule has 0 atom stereocenters. The van der Waals surface area contributed by atoms with Gasteiger partial charge in [0.25, 0.3) is 0 Å². The molecule has 2 N–H and O–H groups in total. The second-order valence-corrected chi connectivity index (χ2v) is 6.11. The molecule has 0 aliphatic heterocycles. The lowest BCUT2D eigenvalue weighted by Crippen LogP contribution is -2.10. The molecule has 0 unspecified atom stereocenters. The normalized spacial score (nSPS) is 11.8. The number of aromatic nitrogens is 4.